The van der Waals surface area contributed by atoms with Gasteiger partial charge >= 0.3 is 0 Å². The lowest BCUT2D eigenvalue weighted by Gasteiger charge is -2.27. The number of benzene rings is 1. The fourth-order valence-electron chi connectivity index (χ4n) is 2.16. The molecule has 1 aromatic heterocycles. The zero-order valence-corrected chi connectivity index (χ0v) is 13.4. The number of morpholine rings is 1. The van der Waals surface area contributed by atoms with Crippen molar-refractivity contribution in [2.45, 2.75) is 0 Å². The maximum atomic E-state index is 12.2. The van der Waals surface area contributed by atoms with Gasteiger partial charge in [0.05, 0.1) is 25.6 Å². The molecule has 22 heavy (non-hydrogen) atoms. The van der Waals surface area contributed by atoms with Gasteiger partial charge in [0.1, 0.15) is 11.5 Å². The molecule has 0 bridgehead atoms. The van der Waals surface area contributed by atoms with Crippen LogP contribution in [0.2, 0.25) is 0 Å². The number of carbonyl (C=O) groups excluding carboxylic acids is 1. The number of hydrogen-bond donors (Lipinski definition) is 1. The topological polar surface area (TPSA) is 67.4 Å². The van der Waals surface area contributed by atoms with E-state index in [0.29, 0.717) is 18.9 Å². The highest BCUT2D eigenvalue weighted by Crippen LogP contribution is 2.16. The Balaban J connectivity index is 1.68. The van der Waals surface area contributed by atoms with Crippen molar-refractivity contribution in [3.8, 4) is 0 Å². The summed E-state index contributed by atoms with van der Waals surface area (Å²) in [6.07, 6.45) is 3.12. The predicted molar refractivity (Wildman–Crippen MR) is 87.2 cm³/mol. The normalized spacial score (nSPS) is 14.7. The lowest BCUT2D eigenvalue weighted by molar-refractivity contribution is 0.102. The van der Waals surface area contributed by atoms with Crippen LogP contribution in [0, 0.1) is 0 Å². The van der Waals surface area contributed by atoms with Gasteiger partial charge in [-0.3, -0.25) is 4.79 Å². The largest absolute Gasteiger partial charge is 0.378 e. The SMILES string of the molecule is O=C(Nc1cccc(Br)c1)c1cnc(N2CCOCC2)cn1. The summed E-state index contributed by atoms with van der Waals surface area (Å²) < 4.78 is 6.20. The Bertz CT molecular complexity index is 657. The van der Waals surface area contributed by atoms with E-state index < -0.39 is 0 Å². The lowest BCUT2D eigenvalue weighted by atomic mass is 10.3. The van der Waals surface area contributed by atoms with Crippen LogP contribution in [0.4, 0.5) is 11.5 Å². The summed E-state index contributed by atoms with van der Waals surface area (Å²) in [5.74, 6) is 0.487. The average Bonchev–Trinajstić information content (AvgIpc) is 2.56. The molecule has 0 saturated carbocycles. The molecule has 0 spiro atoms. The number of anilines is 2. The highest BCUT2D eigenvalue weighted by atomic mass is 79.9. The van der Waals surface area contributed by atoms with E-state index >= 15 is 0 Å². The van der Waals surface area contributed by atoms with Gasteiger partial charge in [-0.25, -0.2) is 9.97 Å². The van der Waals surface area contributed by atoms with E-state index in [1.54, 1.807) is 6.20 Å². The van der Waals surface area contributed by atoms with Crippen molar-refractivity contribution in [1.29, 1.82) is 0 Å². The van der Waals surface area contributed by atoms with Gasteiger partial charge in [0.25, 0.3) is 5.91 Å². The molecule has 0 aliphatic carbocycles. The third kappa shape index (κ3) is 3.61. The van der Waals surface area contributed by atoms with Crippen molar-refractivity contribution in [2.75, 3.05) is 36.5 Å². The van der Waals surface area contributed by atoms with Gasteiger partial charge in [-0.05, 0) is 18.2 Å². The van der Waals surface area contributed by atoms with E-state index in [1.165, 1.54) is 6.20 Å². The van der Waals surface area contributed by atoms with Gasteiger partial charge in [0, 0.05) is 23.2 Å². The van der Waals surface area contributed by atoms with E-state index in [2.05, 4.69) is 36.1 Å². The van der Waals surface area contributed by atoms with Crippen LogP contribution >= 0.6 is 15.9 Å². The van der Waals surface area contributed by atoms with Crippen molar-refractivity contribution in [3.05, 3.63) is 46.8 Å². The first-order valence-corrected chi connectivity index (χ1v) is 7.73. The van der Waals surface area contributed by atoms with Crippen LogP contribution in [0.5, 0.6) is 0 Å². The Morgan fingerprint density at radius 3 is 2.73 bits per heavy atom. The summed E-state index contributed by atoms with van der Waals surface area (Å²) in [4.78, 5) is 22.8. The molecule has 1 aliphatic heterocycles. The molecule has 1 saturated heterocycles. The summed E-state index contributed by atoms with van der Waals surface area (Å²) in [6.45, 7) is 2.95. The molecule has 7 heteroatoms. The second-order valence-electron chi connectivity index (χ2n) is 4.82. The number of hydrogen-bond acceptors (Lipinski definition) is 5. The molecule has 0 unspecified atom stereocenters. The molecule has 0 radical (unpaired) electrons. The van der Waals surface area contributed by atoms with Crippen LogP contribution in [0.15, 0.2) is 41.1 Å². The van der Waals surface area contributed by atoms with E-state index in [9.17, 15) is 4.79 Å². The molecule has 2 heterocycles. The van der Waals surface area contributed by atoms with Crippen molar-refractivity contribution in [1.82, 2.24) is 9.97 Å². The maximum Gasteiger partial charge on any atom is 0.275 e. The minimum absolute atomic E-state index is 0.279. The van der Waals surface area contributed by atoms with E-state index in [4.69, 9.17) is 4.74 Å². The zero-order valence-electron chi connectivity index (χ0n) is 11.8. The summed E-state index contributed by atoms with van der Waals surface area (Å²) in [5, 5.41) is 2.79. The van der Waals surface area contributed by atoms with Crippen LogP contribution in [-0.2, 0) is 4.74 Å². The van der Waals surface area contributed by atoms with Gasteiger partial charge in [-0.2, -0.15) is 0 Å². The molecule has 1 fully saturated rings. The first-order valence-electron chi connectivity index (χ1n) is 6.94. The fourth-order valence-corrected chi connectivity index (χ4v) is 2.55. The molecule has 0 atom stereocenters. The predicted octanol–water partition coefficient (Wildman–Crippen LogP) is 2.33. The molecular weight excluding hydrogens is 348 g/mol. The Morgan fingerprint density at radius 2 is 2.05 bits per heavy atom. The van der Waals surface area contributed by atoms with Crippen molar-refractivity contribution >= 4 is 33.3 Å². The third-order valence-electron chi connectivity index (χ3n) is 3.29. The molecule has 6 nitrogen and oxygen atoms in total. The summed E-state index contributed by atoms with van der Waals surface area (Å²) in [6, 6.07) is 7.39. The average molecular weight is 363 g/mol. The van der Waals surface area contributed by atoms with Crippen LogP contribution in [0.25, 0.3) is 0 Å². The standard InChI is InChI=1S/C15H15BrN4O2/c16-11-2-1-3-12(8-11)19-15(21)13-9-18-14(10-17-13)20-4-6-22-7-5-20/h1-3,8-10H,4-7H2,(H,19,21). The zero-order chi connectivity index (χ0) is 15.4. The number of aromatic nitrogens is 2. The third-order valence-corrected chi connectivity index (χ3v) is 3.78. The highest BCUT2D eigenvalue weighted by Gasteiger charge is 2.14. The number of ether oxygens (including phenoxy) is 1. The highest BCUT2D eigenvalue weighted by molar-refractivity contribution is 9.10. The van der Waals surface area contributed by atoms with Gasteiger partial charge in [0.2, 0.25) is 0 Å². The molecule has 1 aliphatic rings. The summed E-state index contributed by atoms with van der Waals surface area (Å²) >= 11 is 3.37. The second-order valence-corrected chi connectivity index (χ2v) is 5.74. The molecule has 1 aromatic carbocycles. The number of halogens is 1. The maximum absolute atomic E-state index is 12.2. The molecule has 1 amide bonds. The Labute approximate surface area is 136 Å². The van der Waals surface area contributed by atoms with E-state index in [0.717, 1.165) is 23.4 Å². The monoisotopic (exact) mass is 362 g/mol. The lowest BCUT2D eigenvalue weighted by Crippen LogP contribution is -2.36. The summed E-state index contributed by atoms with van der Waals surface area (Å²) in [5.41, 5.74) is 0.996. The summed E-state index contributed by atoms with van der Waals surface area (Å²) in [7, 11) is 0. The Morgan fingerprint density at radius 1 is 1.23 bits per heavy atom. The molecule has 2 aromatic rings. The van der Waals surface area contributed by atoms with Crippen LogP contribution < -0.4 is 10.2 Å². The number of rotatable bonds is 3. The molecule has 114 valence electrons. The van der Waals surface area contributed by atoms with E-state index in [1.807, 2.05) is 24.3 Å². The quantitative estimate of drug-likeness (QED) is 0.907. The molecule has 1 N–H and O–H groups in total. The smallest absolute Gasteiger partial charge is 0.275 e. The van der Waals surface area contributed by atoms with Crippen LogP contribution in [0.3, 0.4) is 0 Å². The number of carbonyl (C=O) groups is 1. The van der Waals surface area contributed by atoms with Crippen molar-refractivity contribution < 1.29 is 9.53 Å². The fraction of sp³-hybridized carbons (Fsp3) is 0.267. The number of nitrogens with one attached hydrogen (secondary N) is 1. The van der Waals surface area contributed by atoms with Gasteiger partial charge < -0.3 is 15.0 Å². The van der Waals surface area contributed by atoms with Crippen LogP contribution in [0.1, 0.15) is 10.5 Å². The van der Waals surface area contributed by atoms with Gasteiger partial charge in [-0.1, -0.05) is 22.0 Å². The Hall–Kier alpha value is -1.99. The van der Waals surface area contributed by atoms with Crippen molar-refractivity contribution in [2.24, 2.45) is 0 Å². The number of amides is 1. The Kier molecular flexibility index (Phi) is 4.65. The minimum atomic E-state index is -0.279. The molecular formula is C15H15BrN4O2. The minimum Gasteiger partial charge on any atom is -0.378 e. The first-order chi connectivity index (χ1) is 10.7. The van der Waals surface area contributed by atoms with Gasteiger partial charge in [0.15, 0.2) is 0 Å². The molecule has 3 rings (SSSR count). The number of nitrogens with zero attached hydrogens (tertiary/aromatic N) is 3. The van der Waals surface area contributed by atoms with Crippen molar-refractivity contribution in [3.63, 3.8) is 0 Å². The second kappa shape index (κ2) is 6.85. The van der Waals surface area contributed by atoms with Crippen LogP contribution in [-0.4, -0.2) is 42.2 Å². The van der Waals surface area contributed by atoms with E-state index in [-0.39, 0.29) is 11.6 Å². The van der Waals surface area contributed by atoms with Gasteiger partial charge in [-0.15, -0.1) is 0 Å². The first kappa shape index (κ1) is 14.9.